The van der Waals surface area contributed by atoms with Crippen LogP contribution in [-0.2, 0) is 0 Å². The van der Waals surface area contributed by atoms with Gasteiger partial charge in [0, 0.05) is 11.3 Å². The molecule has 2 rings (SSSR count). The molecule has 64 valence electrons. The van der Waals surface area contributed by atoms with Crippen molar-refractivity contribution in [2.75, 3.05) is 5.73 Å². The third-order valence-corrected chi connectivity index (χ3v) is 1.47. The molecule has 0 aliphatic heterocycles. The van der Waals surface area contributed by atoms with Crippen LogP contribution in [0.5, 0.6) is 0 Å². The van der Waals surface area contributed by atoms with Gasteiger partial charge in [-0.2, -0.15) is 0 Å². The predicted molar refractivity (Wildman–Crippen MR) is 56.3 cm³/mol. The maximum atomic E-state index is 7.89. The van der Waals surface area contributed by atoms with Crippen LogP contribution in [0.25, 0.3) is 11.1 Å². The Kier molecular flexibility index (Phi) is 0.666. The number of hydrogen-bond donors (Lipinski definition) is 1. The van der Waals surface area contributed by atoms with Gasteiger partial charge in [-0.25, -0.2) is 0 Å². The van der Waals surface area contributed by atoms with Gasteiger partial charge in [0.15, 0.2) is 0 Å². The van der Waals surface area contributed by atoms with Crippen molar-refractivity contribution in [1.29, 1.82) is 0 Å². The van der Waals surface area contributed by atoms with Gasteiger partial charge < -0.3 is 5.73 Å². The summed E-state index contributed by atoms with van der Waals surface area (Å²) in [5.74, 6) is 0. The number of anilines is 1. The normalized spacial score (nSPS) is 19.5. The highest BCUT2D eigenvalue weighted by Crippen LogP contribution is 2.24. The molecular formula is C12H11N. The van der Waals surface area contributed by atoms with Gasteiger partial charge in [-0.1, -0.05) is 48.3 Å². The predicted octanol–water partition coefficient (Wildman–Crippen LogP) is 2.94. The number of rotatable bonds is 1. The maximum Gasteiger partial charge on any atom is 0.0645 e. The molecule has 0 fully saturated rings. The Morgan fingerprint density at radius 2 is 1.46 bits per heavy atom. The van der Waals surface area contributed by atoms with E-state index < -0.39 is 54.4 Å². The Morgan fingerprint density at radius 1 is 0.846 bits per heavy atom. The maximum absolute atomic E-state index is 7.89. The molecule has 0 amide bonds. The third-order valence-electron chi connectivity index (χ3n) is 1.47. The molecule has 0 atom stereocenters. The van der Waals surface area contributed by atoms with E-state index in [1.807, 2.05) is 0 Å². The molecule has 0 unspecified atom stereocenters. The van der Waals surface area contributed by atoms with Crippen LogP contribution in [0.2, 0.25) is 0 Å². The number of nitrogen functional groups attached to an aromatic ring is 1. The van der Waals surface area contributed by atoms with Crippen LogP contribution in [-0.4, -0.2) is 0 Å². The van der Waals surface area contributed by atoms with E-state index in [1.54, 1.807) is 0 Å². The Hall–Kier alpha value is -1.76. The second-order valence-corrected chi connectivity index (χ2v) is 2.29. The molecular weight excluding hydrogens is 158 g/mol. The molecule has 0 aliphatic carbocycles. The molecule has 0 aliphatic rings. The van der Waals surface area contributed by atoms with Gasteiger partial charge in [-0.05, 0) is 11.6 Å². The van der Waals surface area contributed by atoms with Crippen LogP contribution in [0.4, 0.5) is 5.69 Å². The van der Waals surface area contributed by atoms with Gasteiger partial charge >= 0.3 is 0 Å². The van der Waals surface area contributed by atoms with Crippen molar-refractivity contribution in [3.05, 3.63) is 54.4 Å². The van der Waals surface area contributed by atoms with E-state index in [4.69, 9.17) is 18.1 Å². The van der Waals surface area contributed by atoms with E-state index in [9.17, 15) is 0 Å². The fraction of sp³-hybridized carbons (Fsp3) is 0. The lowest BCUT2D eigenvalue weighted by atomic mass is 10.0. The van der Waals surface area contributed by atoms with E-state index >= 15 is 0 Å². The monoisotopic (exact) mass is 178 g/mol. The second-order valence-electron chi connectivity index (χ2n) is 2.29. The minimum absolute atomic E-state index is 0.289. The zero-order valence-corrected chi connectivity index (χ0v) is 6.58. The molecule has 2 aromatic carbocycles. The van der Waals surface area contributed by atoms with Crippen LogP contribution in [0, 0.1) is 0 Å². The van der Waals surface area contributed by atoms with Crippen molar-refractivity contribution < 1.29 is 12.3 Å². The third kappa shape index (κ3) is 1.54. The van der Waals surface area contributed by atoms with Gasteiger partial charge in [-0.3, -0.25) is 0 Å². The van der Waals surface area contributed by atoms with Crippen molar-refractivity contribution in [2.24, 2.45) is 0 Å². The molecule has 2 N–H and O–H groups in total. The molecule has 0 heterocycles. The van der Waals surface area contributed by atoms with Gasteiger partial charge in [-0.15, -0.1) is 0 Å². The minimum atomic E-state index is -0.595. The average Bonchev–Trinajstić information content (AvgIpc) is 2.50. The molecule has 0 saturated heterocycles. The molecule has 0 spiro atoms. The first-order valence-corrected chi connectivity index (χ1v) is 3.54. The Labute approximate surface area is 90.5 Å². The first-order valence-electron chi connectivity index (χ1n) is 8.04. The van der Waals surface area contributed by atoms with Gasteiger partial charge in [0.1, 0.15) is 0 Å². The first-order chi connectivity index (χ1) is 10.1. The van der Waals surface area contributed by atoms with Crippen LogP contribution < -0.4 is 5.73 Å². The van der Waals surface area contributed by atoms with E-state index in [0.29, 0.717) is 0 Å². The van der Waals surface area contributed by atoms with E-state index in [2.05, 4.69) is 0 Å². The van der Waals surface area contributed by atoms with Crippen LogP contribution in [0.3, 0.4) is 0 Å². The lowest BCUT2D eigenvalue weighted by molar-refractivity contribution is 1.61. The molecule has 2 aromatic rings. The summed E-state index contributed by atoms with van der Waals surface area (Å²) in [5, 5.41) is 0. The molecule has 1 nitrogen and oxygen atoms in total. The van der Waals surface area contributed by atoms with E-state index in [0.717, 1.165) is 0 Å². The molecule has 0 bridgehead atoms. The van der Waals surface area contributed by atoms with Gasteiger partial charge in [0.2, 0.25) is 0 Å². The van der Waals surface area contributed by atoms with Crippen LogP contribution >= 0.6 is 0 Å². The average molecular weight is 178 g/mol. The lowest BCUT2D eigenvalue weighted by Crippen LogP contribution is -1.88. The highest BCUT2D eigenvalue weighted by Gasteiger charge is 1.98. The van der Waals surface area contributed by atoms with E-state index in [1.165, 1.54) is 0 Å². The fourth-order valence-corrected chi connectivity index (χ4v) is 0.894. The van der Waals surface area contributed by atoms with E-state index in [-0.39, 0.29) is 16.8 Å². The largest absolute Gasteiger partial charge is 0.398 e. The van der Waals surface area contributed by atoms with Crippen molar-refractivity contribution in [3.8, 4) is 11.1 Å². The number of hydrogen-bond acceptors (Lipinski definition) is 1. The molecule has 0 radical (unpaired) electrons. The smallest absolute Gasteiger partial charge is 0.0645 e. The highest BCUT2D eigenvalue weighted by molar-refractivity contribution is 5.75. The quantitative estimate of drug-likeness (QED) is 0.667. The number of para-hydroxylation sites is 1. The second kappa shape index (κ2) is 3.31. The molecule has 1 heteroatoms. The van der Waals surface area contributed by atoms with Crippen molar-refractivity contribution >= 4 is 5.69 Å². The minimum Gasteiger partial charge on any atom is -0.398 e. The molecule has 13 heavy (non-hydrogen) atoms. The summed E-state index contributed by atoms with van der Waals surface area (Å²) in [4.78, 5) is 0. The van der Waals surface area contributed by atoms with Crippen molar-refractivity contribution in [3.63, 3.8) is 0 Å². The summed E-state index contributed by atoms with van der Waals surface area (Å²) in [6, 6.07) is -5.09. The summed E-state index contributed by atoms with van der Waals surface area (Å²) in [6.07, 6.45) is 0. The Morgan fingerprint density at radius 3 is 2.23 bits per heavy atom. The Balaban J connectivity index is 3.03. The topological polar surface area (TPSA) is 26.0 Å². The zero-order chi connectivity index (χ0) is 16.9. The van der Waals surface area contributed by atoms with Crippen LogP contribution in [0.1, 0.15) is 12.3 Å². The standard InChI is InChI=1S/C12H11N/c13-12-9-5-4-8-11(12)10-6-2-1-3-7-10/h1-9H,13H2/i1D,2D,3D,4D,5D,6D,7D,8D,9D. The number of nitrogens with two attached hydrogens (primary N) is 1. The first kappa shape index (κ1) is 2.61. The van der Waals surface area contributed by atoms with Gasteiger partial charge in [0.05, 0.1) is 12.3 Å². The SMILES string of the molecule is [2H]c1c([2H])c([2H])c(-c2c([2H])c([2H])c([2H])c([2H])c2N)c([2H])c1[2H]. The molecule has 0 saturated carbocycles. The van der Waals surface area contributed by atoms with Crippen molar-refractivity contribution in [1.82, 2.24) is 0 Å². The zero-order valence-electron chi connectivity index (χ0n) is 15.6. The Bertz CT molecular complexity index is 675. The summed E-state index contributed by atoms with van der Waals surface area (Å²) in [6.45, 7) is 0. The lowest BCUT2D eigenvalue weighted by Gasteiger charge is -2.03. The van der Waals surface area contributed by atoms with Crippen LogP contribution in [0.15, 0.2) is 54.4 Å². The summed E-state index contributed by atoms with van der Waals surface area (Å²) >= 11 is 0. The fourth-order valence-electron chi connectivity index (χ4n) is 0.894. The highest BCUT2D eigenvalue weighted by atomic mass is 14.6. The van der Waals surface area contributed by atoms with Crippen molar-refractivity contribution in [2.45, 2.75) is 0 Å². The number of benzene rings is 2. The summed E-state index contributed by atoms with van der Waals surface area (Å²) in [7, 11) is 0. The summed E-state index contributed by atoms with van der Waals surface area (Å²) in [5.41, 5.74) is 4.73. The van der Waals surface area contributed by atoms with Gasteiger partial charge in [0.25, 0.3) is 0 Å². The summed E-state index contributed by atoms with van der Waals surface area (Å²) < 4.78 is 69.4. The molecule has 0 aromatic heterocycles.